The smallest absolute Gasteiger partial charge is 0.0461 e. The molecule has 0 heterocycles. The molecule has 0 radical (unpaired) electrons. The summed E-state index contributed by atoms with van der Waals surface area (Å²) in [5.41, 5.74) is 7.89. The minimum absolute atomic E-state index is 0.809. The summed E-state index contributed by atoms with van der Waals surface area (Å²) >= 11 is 3.40. The van der Waals surface area contributed by atoms with Gasteiger partial charge in [-0.15, -0.1) is 0 Å². The highest BCUT2D eigenvalue weighted by molar-refractivity contribution is 9.10. The lowest BCUT2D eigenvalue weighted by atomic mass is 10.1. The second-order valence-corrected chi connectivity index (χ2v) is 5.78. The van der Waals surface area contributed by atoms with Crippen molar-refractivity contribution in [1.82, 2.24) is 5.32 Å². The molecule has 1 rings (SSSR count). The van der Waals surface area contributed by atoms with E-state index in [4.69, 9.17) is 5.73 Å². The van der Waals surface area contributed by atoms with Crippen molar-refractivity contribution in [3.05, 3.63) is 28.2 Å². The lowest BCUT2D eigenvalue weighted by Gasteiger charge is -2.07. The van der Waals surface area contributed by atoms with Gasteiger partial charge in [0.1, 0.15) is 0 Å². The number of nitrogens with one attached hydrogen (secondary N) is 1. The Morgan fingerprint density at radius 2 is 2.06 bits per heavy atom. The summed E-state index contributed by atoms with van der Waals surface area (Å²) in [6, 6.07) is 6.12. The Morgan fingerprint density at radius 1 is 1.29 bits per heavy atom. The van der Waals surface area contributed by atoms with Gasteiger partial charge in [0, 0.05) is 16.7 Å². The molecule has 1 aromatic rings. The summed E-state index contributed by atoms with van der Waals surface area (Å²) in [7, 11) is 0. The Labute approximate surface area is 113 Å². The van der Waals surface area contributed by atoms with Crippen LogP contribution in [0, 0.1) is 5.92 Å². The molecule has 0 aromatic heterocycles. The highest BCUT2D eigenvalue weighted by atomic mass is 79.9. The molecule has 0 aliphatic rings. The monoisotopic (exact) mass is 298 g/mol. The fourth-order valence-electron chi connectivity index (χ4n) is 1.74. The van der Waals surface area contributed by atoms with Crippen LogP contribution in [-0.2, 0) is 6.54 Å². The second-order valence-electron chi connectivity index (χ2n) is 4.92. The fourth-order valence-corrected chi connectivity index (χ4v) is 1.99. The molecule has 0 bridgehead atoms. The third kappa shape index (κ3) is 6.08. The van der Waals surface area contributed by atoms with Crippen molar-refractivity contribution in [2.45, 2.75) is 39.7 Å². The summed E-state index contributed by atoms with van der Waals surface area (Å²) < 4.78 is 0.971. The van der Waals surface area contributed by atoms with Crippen molar-refractivity contribution in [2.75, 3.05) is 12.3 Å². The Morgan fingerprint density at radius 3 is 2.71 bits per heavy atom. The number of hydrogen-bond donors (Lipinski definition) is 2. The molecule has 0 amide bonds. The number of unbranched alkanes of at least 4 members (excludes halogenated alkanes) is 1. The number of nitrogen functional groups attached to an aromatic ring is 1. The molecule has 0 saturated carbocycles. The minimum atomic E-state index is 0.809. The molecule has 3 N–H and O–H groups in total. The lowest BCUT2D eigenvalue weighted by Crippen LogP contribution is -2.14. The van der Waals surface area contributed by atoms with Gasteiger partial charge in [-0.05, 0) is 52.5 Å². The van der Waals surface area contributed by atoms with Crippen LogP contribution in [0.5, 0.6) is 0 Å². The number of benzene rings is 1. The van der Waals surface area contributed by atoms with E-state index in [0.29, 0.717) is 0 Å². The van der Waals surface area contributed by atoms with Crippen molar-refractivity contribution in [2.24, 2.45) is 5.92 Å². The van der Waals surface area contributed by atoms with E-state index in [1.807, 2.05) is 12.1 Å². The van der Waals surface area contributed by atoms with Crippen molar-refractivity contribution in [1.29, 1.82) is 0 Å². The molecule has 96 valence electrons. The SMILES string of the molecule is CC(C)CCCCNCc1ccc(Br)c(N)c1. The quantitative estimate of drug-likeness (QED) is 0.591. The second kappa shape index (κ2) is 7.72. The van der Waals surface area contributed by atoms with E-state index < -0.39 is 0 Å². The van der Waals surface area contributed by atoms with Gasteiger partial charge in [-0.1, -0.05) is 32.8 Å². The first kappa shape index (κ1) is 14.5. The first-order valence-corrected chi connectivity index (χ1v) is 7.13. The Hall–Kier alpha value is -0.540. The van der Waals surface area contributed by atoms with Gasteiger partial charge in [0.25, 0.3) is 0 Å². The maximum atomic E-state index is 5.83. The first-order valence-electron chi connectivity index (χ1n) is 6.34. The van der Waals surface area contributed by atoms with Crippen molar-refractivity contribution < 1.29 is 0 Å². The molecule has 0 unspecified atom stereocenters. The third-order valence-corrected chi connectivity index (χ3v) is 3.50. The predicted molar refractivity (Wildman–Crippen MR) is 79.0 cm³/mol. The molecule has 0 spiro atoms. The molecular weight excluding hydrogens is 276 g/mol. The Kier molecular flexibility index (Phi) is 6.60. The van der Waals surface area contributed by atoms with Crippen molar-refractivity contribution in [3.63, 3.8) is 0 Å². The van der Waals surface area contributed by atoms with Gasteiger partial charge in [0.05, 0.1) is 0 Å². The van der Waals surface area contributed by atoms with Gasteiger partial charge in [-0.2, -0.15) is 0 Å². The Balaban J connectivity index is 2.16. The van der Waals surface area contributed by atoms with Gasteiger partial charge in [-0.25, -0.2) is 0 Å². The zero-order valence-corrected chi connectivity index (χ0v) is 12.4. The number of nitrogens with two attached hydrogens (primary N) is 1. The van der Waals surface area contributed by atoms with Crippen LogP contribution in [0.3, 0.4) is 0 Å². The molecule has 0 aliphatic carbocycles. The molecule has 0 atom stereocenters. The molecule has 0 fully saturated rings. The topological polar surface area (TPSA) is 38.0 Å². The van der Waals surface area contributed by atoms with Crippen molar-refractivity contribution >= 4 is 21.6 Å². The van der Waals surface area contributed by atoms with Crippen LogP contribution >= 0.6 is 15.9 Å². The van der Waals surface area contributed by atoms with Gasteiger partial charge in [-0.3, -0.25) is 0 Å². The number of rotatable bonds is 7. The van der Waals surface area contributed by atoms with E-state index in [2.05, 4.69) is 41.2 Å². The van der Waals surface area contributed by atoms with Gasteiger partial charge < -0.3 is 11.1 Å². The zero-order valence-electron chi connectivity index (χ0n) is 10.8. The van der Waals surface area contributed by atoms with Crippen LogP contribution in [0.1, 0.15) is 38.7 Å². The zero-order chi connectivity index (χ0) is 12.7. The van der Waals surface area contributed by atoms with E-state index in [9.17, 15) is 0 Å². The lowest BCUT2D eigenvalue weighted by molar-refractivity contribution is 0.520. The highest BCUT2D eigenvalue weighted by Crippen LogP contribution is 2.20. The van der Waals surface area contributed by atoms with E-state index >= 15 is 0 Å². The average Bonchev–Trinajstić information content (AvgIpc) is 2.27. The normalized spacial score (nSPS) is 11.1. The molecule has 3 heteroatoms. The molecule has 0 aliphatic heterocycles. The number of halogens is 1. The van der Waals surface area contributed by atoms with E-state index in [1.54, 1.807) is 0 Å². The van der Waals surface area contributed by atoms with Crippen LogP contribution < -0.4 is 11.1 Å². The summed E-state index contributed by atoms with van der Waals surface area (Å²) in [5.74, 6) is 0.821. The summed E-state index contributed by atoms with van der Waals surface area (Å²) in [5, 5.41) is 3.45. The van der Waals surface area contributed by atoms with E-state index in [1.165, 1.54) is 24.8 Å². The maximum absolute atomic E-state index is 5.83. The van der Waals surface area contributed by atoms with Gasteiger partial charge >= 0.3 is 0 Å². The largest absolute Gasteiger partial charge is 0.398 e. The fraction of sp³-hybridized carbons (Fsp3) is 0.571. The molecular formula is C14H23BrN2. The molecule has 0 saturated heterocycles. The van der Waals surface area contributed by atoms with Crippen LogP contribution in [0.4, 0.5) is 5.69 Å². The average molecular weight is 299 g/mol. The standard InChI is InChI=1S/C14H23BrN2/c1-11(2)5-3-4-8-17-10-12-6-7-13(15)14(16)9-12/h6-7,9,11,17H,3-5,8,10,16H2,1-2H3. The Bertz CT molecular complexity index is 337. The van der Waals surface area contributed by atoms with Gasteiger partial charge in [0.15, 0.2) is 0 Å². The first-order chi connectivity index (χ1) is 8.09. The molecule has 17 heavy (non-hydrogen) atoms. The highest BCUT2D eigenvalue weighted by Gasteiger charge is 1.98. The van der Waals surface area contributed by atoms with Crippen LogP contribution in [0.2, 0.25) is 0 Å². The number of hydrogen-bond acceptors (Lipinski definition) is 2. The van der Waals surface area contributed by atoms with Crippen LogP contribution in [-0.4, -0.2) is 6.54 Å². The molecule has 1 aromatic carbocycles. The van der Waals surface area contributed by atoms with E-state index in [0.717, 1.165) is 29.2 Å². The van der Waals surface area contributed by atoms with E-state index in [-0.39, 0.29) is 0 Å². The van der Waals surface area contributed by atoms with Crippen LogP contribution in [0.25, 0.3) is 0 Å². The van der Waals surface area contributed by atoms with Crippen molar-refractivity contribution in [3.8, 4) is 0 Å². The summed E-state index contributed by atoms with van der Waals surface area (Å²) in [6.07, 6.45) is 3.89. The molecule has 2 nitrogen and oxygen atoms in total. The van der Waals surface area contributed by atoms with Crippen LogP contribution in [0.15, 0.2) is 22.7 Å². The summed E-state index contributed by atoms with van der Waals surface area (Å²) in [4.78, 5) is 0. The predicted octanol–water partition coefficient (Wildman–Crippen LogP) is 3.95. The van der Waals surface area contributed by atoms with Gasteiger partial charge in [0.2, 0.25) is 0 Å². The minimum Gasteiger partial charge on any atom is -0.398 e. The third-order valence-electron chi connectivity index (χ3n) is 2.77. The summed E-state index contributed by atoms with van der Waals surface area (Å²) in [6.45, 7) is 6.54. The maximum Gasteiger partial charge on any atom is 0.0461 e. The number of anilines is 1.